The van der Waals surface area contributed by atoms with E-state index < -0.39 is 11.6 Å². The largest absolute Gasteiger partial charge is 0.508 e. The summed E-state index contributed by atoms with van der Waals surface area (Å²) in [4.78, 5) is 13.6. The smallest absolute Gasteiger partial charge is 0.410 e. The highest BCUT2D eigenvalue weighted by Gasteiger charge is 2.33. The summed E-state index contributed by atoms with van der Waals surface area (Å²) in [6.45, 7) is 6.76. The molecule has 1 N–H and O–H groups in total. The van der Waals surface area contributed by atoms with Crippen molar-refractivity contribution >= 4 is 6.09 Å². The first-order valence-corrected chi connectivity index (χ1v) is 7.12. The van der Waals surface area contributed by atoms with Gasteiger partial charge in [-0.1, -0.05) is 12.1 Å². The minimum Gasteiger partial charge on any atom is -0.508 e. The Hall–Kier alpha value is -1.75. The molecule has 21 heavy (non-hydrogen) atoms. The van der Waals surface area contributed by atoms with Gasteiger partial charge in [-0.15, -0.1) is 0 Å². The van der Waals surface area contributed by atoms with Crippen molar-refractivity contribution in [1.29, 1.82) is 0 Å². The lowest BCUT2D eigenvalue weighted by atomic mass is 9.95. The van der Waals surface area contributed by atoms with E-state index in [9.17, 15) is 9.90 Å². The molecule has 1 heterocycles. The molecule has 1 amide bonds. The molecule has 0 aliphatic carbocycles. The van der Waals surface area contributed by atoms with Crippen molar-refractivity contribution in [3.8, 4) is 5.75 Å². The quantitative estimate of drug-likeness (QED) is 0.911. The standard InChI is InChI=1S/C16H23NO4/c1-16(2,3)17(15(19)20-4)10-13-14-11(8-9-21-13)6-5-7-12(14)18/h5-7,13,18H,8-10H2,1-4H3. The molecule has 0 spiro atoms. The highest BCUT2D eigenvalue weighted by molar-refractivity contribution is 5.68. The molecular formula is C16H23NO4. The second-order valence-corrected chi connectivity index (χ2v) is 6.21. The fraction of sp³-hybridized carbons (Fsp3) is 0.562. The van der Waals surface area contributed by atoms with Gasteiger partial charge in [-0.25, -0.2) is 4.79 Å². The zero-order valence-corrected chi connectivity index (χ0v) is 13.0. The fourth-order valence-electron chi connectivity index (χ4n) is 2.63. The fourth-order valence-corrected chi connectivity index (χ4v) is 2.63. The highest BCUT2D eigenvalue weighted by atomic mass is 16.5. The average Bonchev–Trinajstić information content (AvgIpc) is 2.43. The van der Waals surface area contributed by atoms with Crippen LogP contribution in [0.4, 0.5) is 4.79 Å². The van der Waals surface area contributed by atoms with Gasteiger partial charge in [0, 0.05) is 11.1 Å². The third-order valence-electron chi connectivity index (χ3n) is 3.74. The van der Waals surface area contributed by atoms with Gasteiger partial charge in [0.15, 0.2) is 0 Å². The number of rotatable bonds is 2. The number of carbonyl (C=O) groups is 1. The van der Waals surface area contributed by atoms with Crippen molar-refractivity contribution < 1.29 is 19.4 Å². The molecule has 5 heteroatoms. The van der Waals surface area contributed by atoms with Crippen LogP contribution in [0, 0.1) is 0 Å². The van der Waals surface area contributed by atoms with E-state index in [-0.39, 0.29) is 11.9 Å². The third kappa shape index (κ3) is 3.29. The van der Waals surface area contributed by atoms with E-state index in [4.69, 9.17) is 9.47 Å². The predicted molar refractivity (Wildman–Crippen MR) is 79.4 cm³/mol. The molecule has 0 aromatic heterocycles. The van der Waals surface area contributed by atoms with E-state index in [1.165, 1.54) is 7.11 Å². The summed E-state index contributed by atoms with van der Waals surface area (Å²) >= 11 is 0. The summed E-state index contributed by atoms with van der Waals surface area (Å²) in [5, 5.41) is 10.1. The number of hydrogen-bond donors (Lipinski definition) is 1. The number of phenols is 1. The van der Waals surface area contributed by atoms with Gasteiger partial charge in [-0.3, -0.25) is 0 Å². The van der Waals surface area contributed by atoms with Gasteiger partial charge in [0.2, 0.25) is 0 Å². The van der Waals surface area contributed by atoms with Crippen LogP contribution in [0.1, 0.15) is 38.0 Å². The topological polar surface area (TPSA) is 59.0 Å². The summed E-state index contributed by atoms with van der Waals surface area (Å²) in [5.74, 6) is 0.218. The number of fused-ring (bicyclic) bond motifs is 1. The van der Waals surface area contributed by atoms with Gasteiger partial charge in [0.05, 0.1) is 20.3 Å². The zero-order valence-electron chi connectivity index (χ0n) is 13.0. The number of methoxy groups -OCH3 is 1. The van der Waals surface area contributed by atoms with Crippen LogP contribution in [0.2, 0.25) is 0 Å². The Kier molecular flexibility index (Phi) is 4.42. The number of amides is 1. The SMILES string of the molecule is COC(=O)N(CC1OCCc2cccc(O)c21)C(C)(C)C. The molecule has 0 saturated carbocycles. The van der Waals surface area contributed by atoms with Gasteiger partial charge in [-0.05, 0) is 38.8 Å². The molecule has 1 aliphatic heterocycles. The number of aromatic hydroxyl groups is 1. The molecular weight excluding hydrogens is 270 g/mol. The second-order valence-electron chi connectivity index (χ2n) is 6.21. The lowest BCUT2D eigenvalue weighted by Crippen LogP contribution is -2.48. The van der Waals surface area contributed by atoms with Crippen molar-refractivity contribution in [3.63, 3.8) is 0 Å². The lowest BCUT2D eigenvalue weighted by molar-refractivity contribution is -0.00517. The average molecular weight is 293 g/mol. The molecule has 1 aromatic rings. The van der Waals surface area contributed by atoms with E-state index in [1.807, 2.05) is 32.9 Å². The maximum atomic E-state index is 12.0. The lowest BCUT2D eigenvalue weighted by Gasteiger charge is -2.38. The van der Waals surface area contributed by atoms with E-state index in [2.05, 4.69) is 0 Å². The first kappa shape index (κ1) is 15.6. The first-order valence-electron chi connectivity index (χ1n) is 7.12. The number of carbonyl (C=O) groups excluding carboxylic acids is 1. The molecule has 2 rings (SSSR count). The van der Waals surface area contributed by atoms with Crippen molar-refractivity contribution in [1.82, 2.24) is 4.90 Å². The van der Waals surface area contributed by atoms with E-state index in [1.54, 1.807) is 11.0 Å². The monoisotopic (exact) mass is 293 g/mol. The highest BCUT2D eigenvalue weighted by Crippen LogP contribution is 2.35. The van der Waals surface area contributed by atoms with E-state index in [0.29, 0.717) is 13.2 Å². The van der Waals surface area contributed by atoms with Crippen molar-refractivity contribution in [3.05, 3.63) is 29.3 Å². The summed E-state index contributed by atoms with van der Waals surface area (Å²) in [5.41, 5.74) is 1.46. The van der Waals surface area contributed by atoms with Crippen LogP contribution in [0.5, 0.6) is 5.75 Å². The Bertz CT molecular complexity index is 521. The van der Waals surface area contributed by atoms with Crippen LogP contribution < -0.4 is 0 Å². The van der Waals surface area contributed by atoms with Crippen LogP contribution in [0.25, 0.3) is 0 Å². The maximum Gasteiger partial charge on any atom is 0.410 e. The molecule has 1 aromatic carbocycles. The predicted octanol–water partition coefficient (Wildman–Crippen LogP) is 2.87. The van der Waals surface area contributed by atoms with Crippen LogP contribution in [-0.4, -0.2) is 41.9 Å². The Morgan fingerprint density at radius 3 is 2.81 bits per heavy atom. The van der Waals surface area contributed by atoms with E-state index in [0.717, 1.165) is 17.5 Å². The Morgan fingerprint density at radius 1 is 1.48 bits per heavy atom. The molecule has 0 fully saturated rings. The molecule has 0 saturated heterocycles. The zero-order chi connectivity index (χ0) is 15.6. The van der Waals surface area contributed by atoms with Gasteiger partial charge in [0.25, 0.3) is 0 Å². The molecule has 0 radical (unpaired) electrons. The summed E-state index contributed by atoms with van der Waals surface area (Å²) in [7, 11) is 1.37. The van der Waals surface area contributed by atoms with Crippen LogP contribution in [0.15, 0.2) is 18.2 Å². The number of benzene rings is 1. The molecule has 1 unspecified atom stereocenters. The molecule has 116 valence electrons. The van der Waals surface area contributed by atoms with Gasteiger partial charge >= 0.3 is 6.09 Å². The molecule has 0 bridgehead atoms. The minimum atomic E-state index is -0.395. The van der Waals surface area contributed by atoms with Gasteiger partial charge in [-0.2, -0.15) is 0 Å². The summed E-state index contributed by atoms with van der Waals surface area (Å²) in [6.07, 6.45) is 0.0375. The Morgan fingerprint density at radius 2 is 2.19 bits per heavy atom. The Labute approximate surface area is 125 Å². The summed E-state index contributed by atoms with van der Waals surface area (Å²) in [6, 6.07) is 5.47. The van der Waals surface area contributed by atoms with Crippen LogP contribution >= 0.6 is 0 Å². The normalized spacial score (nSPS) is 18.0. The Balaban J connectivity index is 2.30. The number of ether oxygens (including phenoxy) is 2. The molecule has 1 aliphatic rings. The maximum absolute atomic E-state index is 12.0. The van der Waals surface area contributed by atoms with Crippen LogP contribution in [0.3, 0.4) is 0 Å². The second kappa shape index (κ2) is 5.93. The van der Waals surface area contributed by atoms with E-state index >= 15 is 0 Å². The van der Waals surface area contributed by atoms with Crippen molar-refractivity contribution in [2.75, 3.05) is 20.3 Å². The van der Waals surface area contributed by atoms with Crippen LogP contribution in [-0.2, 0) is 15.9 Å². The van der Waals surface area contributed by atoms with Gasteiger partial charge in [0.1, 0.15) is 11.9 Å². The third-order valence-corrected chi connectivity index (χ3v) is 3.74. The first-order chi connectivity index (χ1) is 9.84. The molecule has 1 atom stereocenters. The minimum absolute atomic E-state index is 0.218. The number of hydrogen-bond acceptors (Lipinski definition) is 4. The van der Waals surface area contributed by atoms with Crippen molar-refractivity contribution in [2.45, 2.75) is 38.8 Å². The number of phenolic OH excluding ortho intramolecular Hbond substituents is 1. The number of nitrogens with zero attached hydrogens (tertiary/aromatic N) is 1. The summed E-state index contributed by atoms with van der Waals surface area (Å²) < 4.78 is 10.7. The van der Waals surface area contributed by atoms with Crippen molar-refractivity contribution in [2.24, 2.45) is 0 Å². The van der Waals surface area contributed by atoms with Gasteiger partial charge < -0.3 is 19.5 Å². The molecule has 5 nitrogen and oxygen atoms in total.